The Morgan fingerprint density at radius 1 is 0.875 bits per heavy atom. The predicted molar refractivity (Wildman–Crippen MR) is 92.4 cm³/mol. The van der Waals surface area contributed by atoms with E-state index < -0.39 is 0 Å². The number of rotatable bonds is 1. The molecule has 0 atom stereocenters. The van der Waals surface area contributed by atoms with Crippen molar-refractivity contribution in [2.75, 3.05) is 4.90 Å². The van der Waals surface area contributed by atoms with Crippen molar-refractivity contribution < 1.29 is 9.84 Å². The Balaban J connectivity index is 1.47. The van der Waals surface area contributed by atoms with Crippen LogP contribution in [-0.4, -0.2) is 5.11 Å². The molecule has 3 aromatic rings. The van der Waals surface area contributed by atoms with Crippen LogP contribution in [0.15, 0.2) is 60.7 Å². The van der Waals surface area contributed by atoms with Gasteiger partial charge in [0.05, 0.1) is 0 Å². The normalized spacial score (nSPS) is 14.2. The molecule has 1 N–H and O–H groups in total. The number of fused-ring (bicyclic) bond motifs is 3. The second-order valence-electron chi connectivity index (χ2n) is 6.10. The predicted octanol–water partition coefficient (Wildman–Crippen LogP) is 4.59. The Kier molecular flexibility index (Phi) is 2.73. The zero-order chi connectivity index (χ0) is 16.1. The molecule has 0 aromatic heterocycles. The van der Waals surface area contributed by atoms with Gasteiger partial charge in [-0.1, -0.05) is 24.3 Å². The van der Waals surface area contributed by atoms with Gasteiger partial charge in [0.2, 0.25) is 0 Å². The number of phenols is 1. The molecule has 1 radical (unpaired) electrons. The molecule has 0 fully saturated rings. The van der Waals surface area contributed by atoms with Crippen molar-refractivity contribution in [2.24, 2.45) is 0 Å². The summed E-state index contributed by atoms with van der Waals surface area (Å²) in [5.74, 6) is 1.93. The minimum absolute atomic E-state index is 0.370. The first-order valence-corrected chi connectivity index (χ1v) is 7.95. The van der Waals surface area contributed by atoms with Gasteiger partial charge in [-0.25, -0.2) is 5.32 Å². The lowest BCUT2D eigenvalue weighted by molar-refractivity contribution is 0.469. The van der Waals surface area contributed by atoms with E-state index in [1.807, 2.05) is 48.5 Å². The molecule has 2 heterocycles. The van der Waals surface area contributed by atoms with E-state index in [2.05, 4.69) is 11.0 Å². The van der Waals surface area contributed by atoms with Crippen LogP contribution in [0, 0.1) is 0 Å². The number of para-hydroxylation sites is 2. The third-order valence-electron chi connectivity index (χ3n) is 4.59. The topological polar surface area (TPSA) is 46.8 Å². The van der Waals surface area contributed by atoms with Crippen LogP contribution >= 0.6 is 0 Å². The van der Waals surface area contributed by atoms with Gasteiger partial charge in [0, 0.05) is 24.3 Å². The molecule has 0 spiro atoms. The smallest absolute Gasteiger partial charge is 0.153 e. The fourth-order valence-corrected chi connectivity index (χ4v) is 3.35. The molecule has 5 rings (SSSR count). The summed E-state index contributed by atoms with van der Waals surface area (Å²) in [6.45, 7) is 1.50. The lowest BCUT2D eigenvalue weighted by Crippen LogP contribution is -2.15. The number of nitrogens with zero attached hydrogens (tertiary/aromatic N) is 2. The van der Waals surface area contributed by atoms with Crippen molar-refractivity contribution in [3.05, 3.63) is 71.8 Å². The summed E-state index contributed by atoms with van der Waals surface area (Å²) in [4.78, 5) is 2.24. The first-order chi connectivity index (χ1) is 11.8. The number of benzene rings is 3. The molecule has 0 bridgehead atoms. The van der Waals surface area contributed by atoms with Crippen LogP contribution in [0.5, 0.6) is 17.2 Å². The Hall–Kier alpha value is -3.14. The molecule has 24 heavy (non-hydrogen) atoms. The maximum absolute atomic E-state index is 10.0. The molecule has 2 aliphatic heterocycles. The van der Waals surface area contributed by atoms with E-state index in [0.717, 1.165) is 40.7 Å². The average molecular weight is 315 g/mol. The van der Waals surface area contributed by atoms with Crippen LogP contribution < -0.4 is 15.0 Å². The van der Waals surface area contributed by atoms with Gasteiger partial charge in [0.1, 0.15) is 17.1 Å². The van der Waals surface area contributed by atoms with Crippen molar-refractivity contribution in [3.8, 4) is 17.2 Å². The summed E-state index contributed by atoms with van der Waals surface area (Å²) in [6.07, 6.45) is 0. The largest absolute Gasteiger partial charge is 0.508 e. The van der Waals surface area contributed by atoms with Gasteiger partial charge in [0.15, 0.2) is 11.5 Å². The van der Waals surface area contributed by atoms with Crippen molar-refractivity contribution in [1.29, 1.82) is 0 Å². The van der Waals surface area contributed by atoms with Gasteiger partial charge < -0.3 is 14.7 Å². The third-order valence-corrected chi connectivity index (χ3v) is 4.59. The zero-order valence-corrected chi connectivity index (χ0v) is 12.9. The van der Waals surface area contributed by atoms with Gasteiger partial charge in [-0.2, -0.15) is 0 Å². The Bertz CT molecular complexity index is 952. The second kappa shape index (κ2) is 4.93. The summed E-state index contributed by atoms with van der Waals surface area (Å²) in [5.41, 5.74) is 4.95. The first kappa shape index (κ1) is 13.3. The molecule has 0 aliphatic carbocycles. The van der Waals surface area contributed by atoms with E-state index in [9.17, 15) is 5.11 Å². The molecule has 4 nitrogen and oxygen atoms in total. The summed E-state index contributed by atoms with van der Waals surface area (Å²) in [6, 6.07) is 19.6. The third kappa shape index (κ3) is 2.00. The number of hydrogen-bond donors (Lipinski definition) is 1. The number of ether oxygens (including phenoxy) is 1. The van der Waals surface area contributed by atoms with Gasteiger partial charge in [-0.05, 0) is 42.0 Å². The quantitative estimate of drug-likeness (QED) is 0.559. The highest BCUT2D eigenvalue weighted by atomic mass is 16.5. The standard InChI is InChI=1S/C20H15N2O2/c23-18-6-3-4-13-11-22(12-15(13)18)14-8-9-20-17(10-14)21-16-5-1-2-7-19(16)24-20/h1-10,23H,11-12H2. The number of anilines is 1. The van der Waals surface area contributed by atoms with Gasteiger partial charge in [-0.3, -0.25) is 0 Å². The highest BCUT2D eigenvalue weighted by Gasteiger charge is 2.24. The van der Waals surface area contributed by atoms with Gasteiger partial charge in [-0.15, -0.1) is 0 Å². The van der Waals surface area contributed by atoms with Crippen molar-refractivity contribution in [2.45, 2.75) is 13.1 Å². The van der Waals surface area contributed by atoms with Crippen molar-refractivity contribution >= 4 is 17.1 Å². The van der Waals surface area contributed by atoms with Crippen LogP contribution in [0.25, 0.3) is 0 Å². The van der Waals surface area contributed by atoms with E-state index in [1.165, 1.54) is 5.56 Å². The second-order valence-corrected chi connectivity index (χ2v) is 6.10. The molecule has 0 unspecified atom stereocenters. The molecule has 3 aromatic carbocycles. The summed E-state index contributed by atoms with van der Waals surface area (Å²) in [5, 5.41) is 14.7. The van der Waals surface area contributed by atoms with Crippen molar-refractivity contribution in [1.82, 2.24) is 5.32 Å². The number of phenolic OH excluding ortho intramolecular Hbond substituents is 1. The van der Waals surface area contributed by atoms with E-state index in [-0.39, 0.29) is 0 Å². The highest BCUT2D eigenvalue weighted by Crippen LogP contribution is 2.44. The van der Waals surface area contributed by atoms with E-state index in [4.69, 9.17) is 10.1 Å². The minimum atomic E-state index is 0.370. The molecule has 2 aliphatic rings. The van der Waals surface area contributed by atoms with E-state index in [1.54, 1.807) is 6.07 Å². The Labute approximate surface area is 139 Å². The van der Waals surface area contributed by atoms with Crippen molar-refractivity contribution in [3.63, 3.8) is 0 Å². The summed E-state index contributed by atoms with van der Waals surface area (Å²) >= 11 is 0. The average Bonchev–Trinajstić information content (AvgIpc) is 3.05. The molecule has 4 heteroatoms. The lowest BCUT2D eigenvalue weighted by Gasteiger charge is -2.23. The molecular formula is C20H15N2O2. The SMILES string of the molecule is Oc1cccc2c1CN(c1ccc3c(c1)[N]c1ccccc1O3)C2. The van der Waals surface area contributed by atoms with E-state index >= 15 is 0 Å². The van der Waals surface area contributed by atoms with Crippen LogP contribution in [0.1, 0.15) is 11.1 Å². The lowest BCUT2D eigenvalue weighted by atomic mass is 10.1. The summed E-state index contributed by atoms with van der Waals surface area (Å²) in [7, 11) is 0. The van der Waals surface area contributed by atoms with Crippen LogP contribution in [0.3, 0.4) is 0 Å². The summed E-state index contributed by atoms with van der Waals surface area (Å²) < 4.78 is 5.92. The minimum Gasteiger partial charge on any atom is -0.508 e. The molecular weight excluding hydrogens is 300 g/mol. The molecule has 0 amide bonds. The fourth-order valence-electron chi connectivity index (χ4n) is 3.35. The molecule has 0 saturated heterocycles. The van der Waals surface area contributed by atoms with Gasteiger partial charge >= 0.3 is 0 Å². The zero-order valence-electron chi connectivity index (χ0n) is 12.9. The fraction of sp³-hybridized carbons (Fsp3) is 0.100. The number of aromatic hydroxyl groups is 1. The first-order valence-electron chi connectivity index (χ1n) is 7.95. The highest BCUT2D eigenvalue weighted by molar-refractivity contribution is 5.72. The van der Waals surface area contributed by atoms with E-state index in [0.29, 0.717) is 12.3 Å². The monoisotopic (exact) mass is 315 g/mol. The Morgan fingerprint density at radius 2 is 1.75 bits per heavy atom. The maximum Gasteiger partial charge on any atom is 0.153 e. The van der Waals surface area contributed by atoms with Crippen LogP contribution in [0.2, 0.25) is 0 Å². The van der Waals surface area contributed by atoms with Crippen LogP contribution in [-0.2, 0) is 13.1 Å². The molecule has 117 valence electrons. The van der Waals surface area contributed by atoms with Crippen LogP contribution in [0.4, 0.5) is 17.1 Å². The van der Waals surface area contributed by atoms with Gasteiger partial charge in [0.25, 0.3) is 0 Å². The number of hydrogen-bond acceptors (Lipinski definition) is 3. The maximum atomic E-state index is 10.0. The Morgan fingerprint density at radius 3 is 2.67 bits per heavy atom. The molecule has 0 saturated carbocycles.